The second kappa shape index (κ2) is 8.60. The second-order valence-electron chi connectivity index (χ2n) is 3.18. The fourth-order valence-electron chi connectivity index (χ4n) is 1.46. The lowest BCUT2D eigenvalue weighted by molar-refractivity contribution is 0.234. The minimum atomic E-state index is 0. The first-order valence-corrected chi connectivity index (χ1v) is 4.34. The van der Waals surface area contributed by atoms with Gasteiger partial charge in [-0.1, -0.05) is 6.42 Å². The van der Waals surface area contributed by atoms with E-state index in [1.165, 1.54) is 32.4 Å². The van der Waals surface area contributed by atoms with E-state index in [9.17, 15) is 0 Å². The number of likely N-dealkylation sites (tertiary alicyclic amines) is 1. The second-order valence-corrected chi connectivity index (χ2v) is 3.18. The molecule has 0 amide bonds. The molecule has 1 aliphatic rings. The van der Waals surface area contributed by atoms with Crippen LogP contribution in [0.2, 0.25) is 0 Å². The smallest absolute Gasteiger partial charge is 0.0918 e. The molecule has 0 aromatic carbocycles. The number of halogens is 2. The third-order valence-electron chi connectivity index (χ3n) is 2.15. The van der Waals surface area contributed by atoms with Gasteiger partial charge in [0.15, 0.2) is 0 Å². The van der Waals surface area contributed by atoms with Gasteiger partial charge < -0.3 is 10.6 Å². The average molecular weight is 228 g/mol. The number of piperidine rings is 1. The van der Waals surface area contributed by atoms with E-state index in [0.29, 0.717) is 5.84 Å². The number of amidine groups is 1. The van der Waals surface area contributed by atoms with Crippen LogP contribution in [-0.2, 0) is 0 Å². The molecule has 1 saturated heterocycles. The summed E-state index contributed by atoms with van der Waals surface area (Å²) in [6.07, 6.45) is 4.74. The van der Waals surface area contributed by atoms with Crippen LogP contribution in [0.5, 0.6) is 0 Å². The van der Waals surface area contributed by atoms with E-state index in [0.717, 1.165) is 13.0 Å². The SMILES string of the molecule is Cl.Cl.N=C(N)CCN1CCCCC1. The first-order chi connectivity index (χ1) is 5.29. The van der Waals surface area contributed by atoms with Gasteiger partial charge in [0.25, 0.3) is 0 Å². The van der Waals surface area contributed by atoms with Gasteiger partial charge in [-0.15, -0.1) is 24.8 Å². The molecule has 5 heteroatoms. The van der Waals surface area contributed by atoms with Crippen molar-refractivity contribution in [2.45, 2.75) is 25.7 Å². The van der Waals surface area contributed by atoms with Crippen molar-refractivity contribution in [1.82, 2.24) is 4.90 Å². The van der Waals surface area contributed by atoms with E-state index in [1.807, 2.05) is 0 Å². The highest BCUT2D eigenvalue weighted by molar-refractivity contribution is 5.85. The summed E-state index contributed by atoms with van der Waals surface area (Å²) in [5, 5.41) is 7.06. The highest BCUT2D eigenvalue weighted by Crippen LogP contribution is 2.08. The van der Waals surface area contributed by atoms with Crippen molar-refractivity contribution in [3.05, 3.63) is 0 Å². The van der Waals surface area contributed by atoms with Crippen LogP contribution >= 0.6 is 24.8 Å². The maximum atomic E-state index is 7.06. The molecule has 80 valence electrons. The zero-order chi connectivity index (χ0) is 8.10. The number of nitrogens with two attached hydrogens (primary N) is 1. The molecule has 0 aromatic heterocycles. The van der Waals surface area contributed by atoms with Gasteiger partial charge in [0.1, 0.15) is 0 Å². The van der Waals surface area contributed by atoms with Crippen LogP contribution in [0.3, 0.4) is 0 Å². The van der Waals surface area contributed by atoms with Crippen LogP contribution in [-0.4, -0.2) is 30.4 Å². The lowest BCUT2D eigenvalue weighted by atomic mass is 10.1. The average Bonchev–Trinajstić information content (AvgIpc) is 2.03. The summed E-state index contributed by atoms with van der Waals surface area (Å²) < 4.78 is 0. The summed E-state index contributed by atoms with van der Waals surface area (Å²) in [7, 11) is 0. The minimum Gasteiger partial charge on any atom is -0.388 e. The summed E-state index contributed by atoms with van der Waals surface area (Å²) in [5.74, 6) is 0.315. The third kappa shape index (κ3) is 7.11. The van der Waals surface area contributed by atoms with Crippen LogP contribution in [0.1, 0.15) is 25.7 Å². The predicted molar refractivity (Wildman–Crippen MR) is 61.3 cm³/mol. The summed E-state index contributed by atoms with van der Waals surface area (Å²) >= 11 is 0. The van der Waals surface area contributed by atoms with Gasteiger partial charge >= 0.3 is 0 Å². The molecule has 0 aliphatic carbocycles. The Hall–Kier alpha value is 0.01000. The topological polar surface area (TPSA) is 53.1 Å². The summed E-state index contributed by atoms with van der Waals surface area (Å²) in [4.78, 5) is 2.39. The number of hydrogen-bond donors (Lipinski definition) is 2. The minimum absolute atomic E-state index is 0. The van der Waals surface area contributed by atoms with Gasteiger partial charge in [-0.25, -0.2) is 0 Å². The maximum absolute atomic E-state index is 7.06. The van der Waals surface area contributed by atoms with Gasteiger partial charge in [-0.05, 0) is 25.9 Å². The zero-order valence-corrected chi connectivity index (χ0v) is 9.42. The highest BCUT2D eigenvalue weighted by Gasteiger charge is 2.08. The summed E-state index contributed by atoms with van der Waals surface area (Å²) in [6, 6.07) is 0. The molecule has 1 heterocycles. The Balaban J connectivity index is 0. The van der Waals surface area contributed by atoms with Crippen LogP contribution < -0.4 is 5.73 Å². The molecule has 0 aromatic rings. The lowest BCUT2D eigenvalue weighted by Gasteiger charge is -2.25. The monoisotopic (exact) mass is 227 g/mol. The van der Waals surface area contributed by atoms with E-state index in [4.69, 9.17) is 11.1 Å². The fourth-order valence-corrected chi connectivity index (χ4v) is 1.46. The van der Waals surface area contributed by atoms with Crippen molar-refractivity contribution in [2.75, 3.05) is 19.6 Å². The number of nitrogens with one attached hydrogen (secondary N) is 1. The van der Waals surface area contributed by atoms with Crippen LogP contribution in [0.15, 0.2) is 0 Å². The lowest BCUT2D eigenvalue weighted by Crippen LogP contribution is -2.32. The van der Waals surface area contributed by atoms with Crippen LogP contribution in [0, 0.1) is 5.41 Å². The molecule has 0 saturated carbocycles. The maximum Gasteiger partial charge on any atom is 0.0918 e. The molecule has 13 heavy (non-hydrogen) atoms. The van der Waals surface area contributed by atoms with Crippen LogP contribution in [0.4, 0.5) is 0 Å². The molecule has 0 spiro atoms. The highest BCUT2D eigenvalue weighted by atomic mass is 35.5. The molecular weight excluding hydrogens is 209 g/mol. The van der Waals surface area contributed by atoms with Crippen molar-refractivity contribution in [1.29, 1.82) is 5.41 Å². The van der Waals surface area contributed by atoms with Crippen molar-refractivity contribution in [3.8, 4) is 0 Å². The third-order valence-corrected chi connectivity index (χ3v) is 2.15. The number of nitrogens with zero attached hydrogens (tertiary/aromatic N) is 1. The van der Waals surface area contributed by atoms with Gasteiger partial charge in [0.05, 0.1) is 5.84 Å². The van der Waals surface area contributed by atoms with Gasteiger partial charge in [0.2, 0.25) is 0 Å². The van der Waals surface area contributed by atoms with E-state index < -0.39 is 0 Å². The van der Waals surface area contributed by atoms with Crippen LogP contribution in [0.25, 0.3) is 0 Å². The molecule has 3 N–H and O–H groups in total. The molecule has 1 fully saturated rings. The zero-order valence-electron chi connectivity index (χ0n) is 7.79. The van der Waals surface area contributed by atoms with Crippen molar-refractivity contribution < 1.29 is 0 Å². The molecule has 3 nitrogen and oxygen atoms in total. The largest absolute Gasteiger partial charge is 0.388 e. The van der Waals surface area contributed by atoms with E-state index in [2.05, 4.69) is 4.90 Å². The Kier molecular flexibility index (Phi) is 10.2. The van der Waals surface area contributed by atoms with E-state index in [1.54, 1.807) is 0 Å². The normalized spacial score (nSPS) is 16.9. The van der Waals surface area contributed by atoms with Crippen molar-refractivity contribution in [3.63, 3.8) is 0 Å². The predicted octanol–water partition coefficient (Wildman–Crippen LogP) is 1.64. The van der Waals surface area contributed by atoms with E-state index in [-0.39, 0.29) is 24.8 Å². The standard InChI is InChI=1S/C8H17N3.2ClH/c9-8(10)4-7-11-5-2-1-3-6-11;;/h1-7H2,(H3,9,10);2*1H. The summed E-state index contributed by atoms with van der Waals surface area (Å²) in [5.41, 5.74) is 5.27. The van der Waals surface area contributed by atoms with Gasteiger partial charge in [-0.3, -0.25) is 5.41 Å². The molecule has 0 atom stereocenters. The molecule has 0 unspecified atom stereocenters. The number of rotatable bonds is 3. The first-order valence-electron chi connectivity index (χ1n) is 4.34. The quantitative estimate of drug-likeness (QED) is 0.570. The molecule has 0 bridgehead atoms. The molecule has 1 rings (SSSR count). The Morgan fingerprint density at radius 1 is 1.15 bits per heavy atom. The van der Waals surface area contributed by atoms with E-state index >= 15 is 0 Å². The Morgan fingerprint density at radius 3 is 2.15 bits per heavy atom. The summed E-state index contributed by atoms with van der Waals surface area (Å²) in [6.45, 7) is 3.38. The Bertz CT molecular complexity index is 135. The number of hydrogen-bond acceptors (Lipinski definition) is 2. The molecule has 0 radical (unpaired) electrons. The van der Waals surface area contributed by atoms with Crippen molar-refractivity contribution >= 4 is 30.6 Å². The fraction of sp³-hybridized carbons (Fsp3) is 0.875. The molecular formula is C8H19Cl2N3. The van der Waals surface area contributed by atoms with Crippen molar-refractivity contribution in [2.24, 2.45) is 5.73 Å². The first kappa shape index (κ1) is 15.5. The van der Waals surface area contributed by atoms with Gasteiger partial charge in [-0.2, -0.15) is 0 Å². The Labute approximate surface area is 92.4 Å². The molecule has 1 aliphatic heterocycles. The van der Waals surface area contributed by atoms with Gasteiger partial charge in [0, 0.05) is 13.0 Å². The Morgan fingerprint density at radius 2 is 1.69 bits per heavy atom.